The zero-order valence-electron chi connectivity index (χ0n) is 13.6. The summed E-state index contributed by atoms with van der Waals surface area (Å²) in [7, 11) is 0. The van der Waals surface area contributed by atoms with Crippen LogP contribution < -0.4 is 11.1 Å². The number of aryl methyl sites for hydroxylation is 1. The lowest BCUT2D eigenvalue weighted by molar-refractivity contribution is -0.121. The summed E-state index contributed by atoms with van der Waals surface area (Å²) < 4.78 is 5.15. The largest absolute Gasteiger partial charge is 0.354 e. The number of hydrogen-bond donors (Lipinski definition) is 2. The van der Waals surface area contributed by atoms with E-state index in [1.807, 2.05) is 26.0 Å². The molecule has 0 aliphatic carbocycles. The number of nitrogens with zero attached hydrogens (tertiary/aromatic N) is 3. The molecule has 7 nitrogen and oxygen atoms in total. The number of amides is 1. The molecule has 0 saturated heterocycles. The molecule has 2 heterocycles. The number of aromatic nitrogens is 3. The first-order valence-electron chi connectivity index (χ1n) is 7.86. The van der Waals surface area contributed by atoms with Gasteiger partial charge in [0.1, 0.15) is 5.69 Å². The van der Waals surface area contributed by atoms with Crippen molar-refractivity contribution in [3.05, 3.63) is 30.3 Å². The summed E-state index contributed by atoms with van der Waals surface area (Å²) in [5.74, 6) is 0.782. The second-order valence-corrected chi connectivity index (χ2v) is 5.57. The highest BCUT2D eigenvalue weighted by molar-refractivity contribution is 5.76. The second kappa shape index (κ2) is 7.82. The Morgan fingerprint density at radius 2 is 2.13 bits per heavy atom. The molecule has 2 rings (SSSR count). The minimum Gasteiger partial charge on any atom is -0.354 e. The van der Waals surface area contributed by atoms with Crippen molar-refractivity contribution < 1.29 is 9.32 Å². The topological polar surface area (TPSA) is 107 Å². The third-order valence-electron chi connectivity index (χ3n) is 3.97. The van der Waals surface area contributed by atoms with E-state index in [1.165, 1.54) is 0 Å². The average molecular weight is 317 g/mol. The molecule has 0 fully saturated rings. The normalized spacial score (nSPS) is 11.4. The summed E-state index contributed by atoms with van der Waals surface area (Å²) in [5.41, 5.74) is 6.46. The van der Waals surface area contributed by atoms with Gasteiger partial charge in [0, 0.05) is 31.1 Å². The second-order valence-electron chi connectivity index (χ2n) is 5.57. The van der Waals surface area contributed by atoms with Crippen molar-refractivity contribution in [1.29, 1.82) is 0 Å². The average Bonchev–Trinajstić information content (AvgIpc) is 3.07. The summed E-state index contributed by atoms with van der Waals surface area (Å²) in [6, 6.07) is 5.48. The molecule has 23 heavy (non-hydrogen) atoms. The van der Waals surface area contributed by atoms with Gasteiger partial charge in [-0.05, 0) is 25.0 Å². The summed E-state index contributed by atoms with van der Waals surface area (Å²) in [5, 5.41) is 6.74. The summed E-state index contributed by atoms with van der Waals surface area (Å²) in [4.78, 5) is 20.3. The predicted molar refractivity (Wildman–Crippen MR) is 86.4 cm³/mol. The van der Waals surface area contributed by atoms with Crippen molar-refractivity contribution in [2.75, 3.05) is 6.54 Å². The van der Waals surface area contributed by atoms with Gasteiger partial charge >= 0.3 is 0 Å². The van der Waals surface area contributed by atoms with Crippen LogP contribution in [0.15, 0.2) is 28.9 Å². The Morgan fingerprint density at radius 3 is 2.78 bits per heavy atom. The van der Waals surface area contributed by atoms with Crippen LogP contribution >= 0.6 is 0 Å². The summed E-state index contributed by atoms with van der Waals surface area (Å²) in [6.45, 7) is 4.52. The monoisotopic (exact) mass is 317 g/mol. The van der Waals surface area contributed by atoms with Gasteiger partial charge in [-0.15, -0.1) is 0 Å². The number of nitrogens with two attached hydrogens (primary N) is 1. The zero-order chi connectivity index (χ0) is 16.7. The van der Waals surface area contributed by atoms with E-state index < -0.39 is 0 Å². The molecule has 0 aromatic carbocycles. The highest BCUT2D eigenvalue weighted by atomic mass is 16.5. The van der Waals surface area contributed by atoms with Crippen LogP contribution in [0.2, 0.25) is 0 Å². The molecule has 7 heteroatoms. The summed E-state index contributed by atoms with van der Waals surface area (Å²) in [6.07, 6.45) is 3.98. The Labute approximate surface area is 135 Å². The van der Waals surface area contributed by atoms with Crippen molar-refractivity contribution in [2.24, 2.45) is 5.73 Å². The third kappa shape index (κ3) is 4.85. The van der Waals surface area contributed by atoms with Crippen molar-refractivity contribution in [3.8, 4) is 11.5 Å². The minimum absolute atomic E-state index is 0.0701. The number of pyridine rings is 1. The Balaban J connectivity index is 1.82. The number of carbonyl (C=O) groups excluding carboxylic acids is 1. The molecule has 124 valence electrons. The maximum Gasteiger partial charge on any atom is 0.227 e. The van der Waals surface area contributed by atoms with E-state index in [0.29, 0.717) is 30.4 Å². The minimum atomic E-state index is -0.341. The number of nitrogens with one attached hydrogen (secondary N) is 1. The van der Waals surface area contributed by atoms with Crippen LogP contribution in [0, 0.1) is 0 Å². The molecule has 0 spiro atoms. The molecular weight excluding hydrogens is 294 g/mol. The van der Waals surface area contributed by atoms with Gasteiger partial charge in [-0.1, -0.05) is 25.1 Å². The molecule has 0 radical (unpaired) electrons. The quantitative estimate of drug-likeness (QED) is 0.767. The lowest BCUT2D eigenvalue weighted by Crippen LogP contribution is -2.49. The van der Waals surface area contributed by atoms with Crippen LogP contribution in [0.25, 0.3) is 11.5 Å². The fraction of sp³-hybridized carbons (Fsp3) is 0.500. The number of carbonyl (C=O) groups is 1. The fourth-order valence-electron chi connectivity index (χ4n) is 2.04. The van der Waals surface area contributed by atoms with Crippen LogP contribution in [0.4, 0.5) is 0 Å². The number of rotatable bonds is 8. The Hall–Kier alpha value is -2.28. The molecular formula is C16H23N5O2. The van der Waals surface area contributed by atoms with Gasteiger partial charge in [-0.25, -0.2) is 0 Å². The smallest absolute Gasteiger partial charge is 0.227 e. The summed E-state index contributed by atoms with van der Waals surface area (Å²) >= 11 is 0. The van der Waals surface area contributed by atoms with Gasteiger partial charge < -0.3 is 15.6 Å². The van der Waals surface area contributed by atoms with Gasteiger partial charge in [-0.2, -0.15) is 4.98 Å². The van der Waals surface area contributed by atoms with Crippen LogP contribution in [-0.2, 0) is 11.2 Å². The molecule has 0 atom stereocenters. The molecule has 0 unspecified atom stereocenters. The molecule has 0 aliphatic heterocycles. The van der Waals surface area contributed by atoms with Gasteiger partial charge in [0.15, 0.2) is 0 Å². The van der Waals surface area contributed by atoms with E-state index in [0.717, 1.165) is 12.8 Å². The van der Waals surface area contributed by atoms with Crippen molar-refractivity contribution >= 4 is 5.91 Å². The lowest BCUT2D eigenvalue weighted by Gasteiger charge is -2.26. The molecule has 0 saturated carbocycles. The standard InChI is InChI=1S/C16H23N5O2/c1-3-16(17,4-2)11-19-13(22)8-9-14-20-15(21-23-14)12-7-5-6-10-18-12/h5-7,10H,3-4,8-9,11,17H2,1-2H3,(H,19,22). The Kier molecular flexibility index (Phi) is 5.81. The molecule has 3 N–H and O–H groups in total. The van der Waals surface area contributed by atoms with Gasteiger partial charge in [0.2, 0.25) is 17.6 Å². The van der Waals surface area contributed by atoms with Crippen LogP contribution in [0.3, 0.4) is 0 Å². The van der Waals surface area contributed by atoms with Gasteiger partial charge in [-0.3, -0.25) is 9.78 Å². The van der Waals surface area contributed by atoms with E-state index >= 15 is 0 Å². The van der Waals surface area contributed by atoms with Crippen LogP contribution in [0.5, 0.6) is 0 Å². The molecule has 2 aromatic rings. The van der Waals surface area contributed by atoms with Gasteiger partial charge in [0.05, 0.1) is 0 Å². The SMILES string of the molecule is CCC(N)(CC)CNC(=O)CCc1nc(-c2ccccn2)no1. The third-order valence-corrected chi connectivity index (χ3v) is 3.97. The van der Waals surface area contributed by atoms with Crippen molar-refractivity contribution in [3.63, 3.8) is 0 Å². The Bertz CT molecular complexity index is 622. The first-order chi connectivity index (χ1) is 11.1. The van der Waals surface area contributed by atoms with Crippen molar-refractivity contribution in [1.82, 2.24) is 20.4 Å². The first kappa shape index (κ1) is 17.1. The van der Waals surface area contributed by atoms with Gasteiger partial charge in [0.25, 0.3) is 0 Å². The first-order valence-corrected chi connectivity index (χ1v) is 7.86. The van der Waals surface area contributed by atoms with Crippen LogP contribution in [0.1, 0.15) is 39.0 Å². The van der Waals surface area contributed by atoms with E-state index in [2.05, 4.69) is 20.4 Å². The number of hydrogen-bond acceptors (Lipinski definition) is 6. The van der Waals surface area contributed by atoms with E-state index in [9.17, 15) is 4.79 Å². The maximum absolute atomic E-state index is 11.9. The van der Waals surface area contributed by atoms with E-state index in [-0.39, 0.29) is 17.9 Å². The van der Waals surface area contributed by atoms with E-state index in [4.69, 9.17) is 10.3 Å². The molecule has 2 aromatic heterocycles. The van der Waals surface area contributed by atoms with Crippen molar-refractivity contribution in [2.45, 2.75) is 45.1 Å². The highest BCUT2D eigenvalue weighted by Crippen LogP contribution is 2.13. The molecule has 0 bridgehead atoms. The molecule has 0 aliphatic rings. The fourth-order valence-corrected chi connectivity index (χ4v) is 2.04. The predicted octanol–water partition coefficient (Wildman–Crippen LogP) is 1.70. The highest BCUT2D eigenvalue weighted by Gasteiger charge is 2.21. The molecule has 1 amide bonds. The van der Waals surface area contributed by atoms with E-state index in [1.54, 1.807) is 12.3 Å². The van der Waals surface area contributed by atoms with Crippen LogP contribution in [-0.4, -0.2) is 33.1 Å². The maximum atomic E-state index is 11.9. The zero-order valence-corrected chi connectivity index (χ0v) is 13.6. The lowest BCUT2D eigenvalue weighted by atomic mass is 9.94. The Morgan fingerprint density at radius 1 is 1.35 bits per heavy atom.